The van der Waals surface area contributed by atoms with E-state index in [9.17, 15) is 9.50 Å². The van der Waals surface area contributed by atoms with Gasteiger partial charge >= 0.3 is 0 Å². The molecule has 0 bridgehead atoms. The van der Waals surface area contributed by atoms with Crippen LogP contribution in [0.25, 0.3) is 0 Å². The summed E-state index contributed by atoms with van der Waals surface area (Å²) >= 11 is 0. The summed E-state index contributed by atoms with van der Waals surface area (Å²) < 4.78 is 19.4. The maximum atomic E-state index is 13.2. The molecule has 0 saturated carbocycles. The second-order valence-corrected chi connectivity index (χ2v) is 5.76. The molecule has 0 radical (unpaired) electrons. The zero-order chi connectivity index (χ0) is 14.0. The number of rotatable bonds is 4. The average Bonchev–Trinajstić information content (AvgIpc) is 2.39. The molecule has 0 spiro atoms. The second-order valence-electron chi connectivity index (χ2n) is 5.76. The van der Waals surface area contributed by atoms with Gasteiger partial charge in [-0.15, -0.1) is 0 Å². The number of benzene rings is 1. The predicted octanol–water partition coefficient (Wildman–Crippen LogP) is 4.23. The maximum absolute atomic E-state index is 13.2. The lowest BCUT2D eigenvalue weighted by molar-refractivity contribution is -0.0320. The molecule has 3 heteroatoms. The van der Waals surface area contributed by atoms with Crippen LogP contribution in [0, 0.1) is 11.7 Å². The third-order valence-corrected chi connectivity index (χ3v) is 4.28. The maximum Gasteiger partial charge on any atom is 0.126 e. The Bertz CT molecular complexity index is 446. The Labute approximate surface area is 114 Å². The van der Waals surface area contributed by atoms with Crippen molar-refractivity contribution in [2.24, 2.45) is 5.92 Å². The molecule has 0 amide bonds. The summed E-state index contributed by atoms with van der Waals surface area (Å²) in [5.74, 6) is 0.853. The Morgan fingerprint density at radius 2 is 2.21 bits per heavy atom. The summed E-state index contributed by atoms with van der Waals surface area (Å²) in [6.45, 7) is 6.45. The van der Waals surface area contributed by atoms with Gasteiger partial charge in [-0.1, -0.05) is 27.2 Å². The van der Waals surface area contributed by atoms with Crippen LogP contribution in [0.5, 0.6) is 5.75 Å². The number of halogens is 1. The van der Waals surface area contributed by atoms with Gasteiger partial charge < -0.3 is 9.84 Å². The molecule has 106 valence electrons. The van der Waals surface area contributed by atoms with Crippen LogP contribution in [0.15, 0.2) is 18.2 Å². The number of aliphatic hydroxyl groups excluding tert-OH is 1. The summed E-state index contributed by atoms with van der Waals surface area (Å²) in [5.41, 5.74) is 0.257. The van der Waals surface area contributed by atoms with E-state index in [1.807, 2.05) is 0 Å². The third-order valence-electron chi connectivity index (χ3n) is 4.28. The fourth-order valence-electron chi connectivity index (χ4n) is 2.88. The first-order chi connectivity index (χ1) is 8.99. The van der Waals surface area contributed by atoms with Gasteiger partial charge in [-0.05, 0) is 37.0 Å². The minimum absolute atomic E-state index is 0.320. The van der Waals surface area contributed by atoms with Crippen LogP contribution in [-0.2, 0) is 0 Å². The molecule has 0 aromatic heterocycles. The van der Waals surface area contributed by atoms with Gasteiger partial charge in [0.25, 0.3) is 0 Å². The number of hydrogen-bond donors (Lipinski definition) is 1. The molecule has 2 rings (SSSR count). The van der Waals surface area contributed by atoms with Crippen LogP contribution in [0.2, 0.25) is 0 Å². The Kier molecular flexibility index (Phi) is 4.14. The van der Waals surface area contributed by atoms with E-state index >= 15 is 0 Å². The van der Waals surface area contributed by atoms with E-state index in [0.717, 1.165) is 19.3 Å². The molecular formula is C16H23FO2. The van der Waals surface area contributed by atoms with Gasteiger partial charge in [0.2, 0.25) is 0 Å². The van der Waals surface area contributed by atoms with Gasteiger partial charge in [-0.3, -0.25) is 0 Å². The van der Waals surface area contributed by atoms with Crippen LogP contribution < -0.4 is 4.74 Å². The Hall–Kier alpha value is -1.09. The van der Waals surface area contributed by atoms with E-state index in [1.54, 1.807) is 6.07 Å². The summed E-state index contributed by atoms with van der Waals surface area (Å²) in [6.07, 6.45) is 2.78. The largest absolute Gasteiger partial charge is 0.487 e. The van der Waals surface area contributed by atoms with E-state index in [0.29, 0.717) is 23.7 Å². The first kappa shape index (κ1) is 14.3. The van der Waals surface area contributed by atoms with Crippen LogP contribution in [-0.4, -0.2) is 10.7 Å². The first-order valence-corrected chi connectivity index (χ1v) is 7.16. The molecule has 1 aliphatic heterocycles. The van der Waals surface area contributed by atoms with Crippen molar-refractivity contribution in [3.63, 3.8) is 0 Å². The van der Waals surface area contributed by atoms with Crippen LogP contribution in [0.3, 0.4) is 0 Å². The van der Waals surface area contributed by atoms with Crippen molar-refractivity contribution in [2.75, 3.05) is 0 Å². The molecule has 3 unspecified atom stereocenters. The highest BCUT2D eigenvalue weighted by Crippen LogP contribution is 2.44. The summed E-state index contributed by atoms with van der Waals surface area (Å²) in [4.78, 5) is 0. The lowest BCUT2D eigenvalue weighted by Crippen LogP contribution is -2.42. The first-order valence-electron chi connectivity index (χ1n) is 7.16. The average molecular weight is 266 g/mol. The molecule has 1 N–H and O–H groups in total. The smallest absolute Gasteiger partial charge is 0.126 e. The van der Waals surface area contributed by atoms with Crippen molar-refractivity contribution in [3.8, 4) is 5.75 Å². The van der Waals surface area contributed by atoms with Gasteiger partial charge in [0.1, 0.15) is 17.2 Å². The van der Waals surface area contributed by atoms with E-state index < -0.39 is 6.10 Å². The van der Waals surface area contributed by atoms with Crippen molar-refractivity contribution in [3.05, 3.63) is 29.6 Å². The summed E-state index contributed by atoms with van der Waals surface area (Å²) in [5, 5.41) is 10.3. The topological polar surface area (TPSA) is 29.5 Å². The monoisotopic (exact) mass is 266 g/mol. The fourth-order valence-corrected chi connectivity index (χ4v) is 2.88. The Balaban J connectivity index is 2.29. The number of fused-ring (bicyclic) bond motifs is 1. The number of hydrogen-bond acceptors (Lipinski definition) is 2. The lowest BCUT2D eigenvalue weighted by atomic mass is 9.80. The van der Waals surface area contributed by atoms with Crippen molar-refractivity contribution >= 4 is 0 Å². The molecule has 0 aliphatic carbocycles. The van der Waals surface area contributed by atoms with Crippen molar-refractivity contribution in [2.45, 2.75) is 58.2 Å². The van der Waals surface area contributed by atoms with Crippen molar-refractivity contribution in [1.82, 2.24) is 0 Å². The van der Waals surface area contributed by atoms with Crippen molar-refractivity contribution < 1.29 is 14.2 Å². The zero-order valence-electron chi connectivity index (χ0n) is 11.9. The molecule has 1 heterocycles. The van der Waals surface area contributed by atoms with Gasteiger partial charge in [0.05, 0.1) is 6.10 Å². The minimum Gasteiger partial charge on any atom is -0.487 e. The van der Waals surface area contributed by atoms with Crippen molar-refractivity contribution in [1.29, 1.82) is 0 Å². The Morgan fingerprint density at radius 1 is 1.47 bits per heavy atom. The molecule has 1 aliphatic rings. The number of aliphatic hydroxyl groups is 1. The summed E-state index contributed by atoms with van der Waals surface area (Å²) in [6, 6.07) is 4.40. The van der Waals surface area contributed by atoms with Crippen LogP contribution in [0.4, 0.5) is 4.39 Å². The van der Waals surface area contributed by atoms with Gasteiger partial charge in [0, 0.05) is 12.0 Å². The third kappa shape index (κ3) is 2.92. The molecule has 3 atom stereocenters. The molecule has 1 aromatic carbocycles. The van der Waals surface area contributed by atoms with Gasteiger partial charge in [-0.2, -0.15) is 0 Å². The van der Waals surface area contributed by atoms with E-state index in [-0.39, 0.29) is 11.4 Å². The number of ether oxygens (including phenoxy) is 1. The highest BCUT2D eigenvalue weighted by molar-refractivity contribution is 5.38. The SMILES string of the molecule is CCC(C)CC1(CC)CC(O)c2cc(F)ccc2O1. The lowest BCUT2D eigenvalue weighted by Gasteiger charge is -2.41. The minimum atomic E-state index is -0.636. The molecular weight excluding hydrogens is 243 g/mol. The highest BCUT2D eigenvalue weighted by Gasteiger charge is 2.40. The molecule has 0 fully saturated rings. The highest BCUT2D eigenvalue weighted by atomic mass is 19.1. The molecule has 2 nitrogen and oxygen atoms in total. The van der Waals surface area contributed by atoms with E-state index in [1.165, 1.54) is 12.1 Å². The molecule has 19 heavy (non-hydrogen) atoms. The fraction of sp³-hybridized carbons (Fsp3) is 0.625. The second kappa shape index (κ2) is 5.49. The molecule has 0 saturated heterocycles. The van der Waals surface area contributed by atoms with Crippen LogP contribution in [0.1, 0.15) is 58.1 Å². The standard InChI is InChI=1S/C16H23FO2/c1-4-11(3)9-16(5-2)10-14(18)13-8-12(17)6-7-15(13)19-16/h6-8,11,14,18H,4-5,9-10H2,1-3H3. The normalized spacial score (nSPS) is 27.5. The molecule has 1 aromatic rings. The van der Waals surface area contributed by atoms with Gasteiger partial charge in [-0.25, -0.2) is 4.39 Å². The quantitative estimate of drug-likeness (QED) is 0.883. The predicted molar refractivity (Wildman–Crippen MR) is 73.7 cm³/mol. The summed E-state index contributed by atoms with van der Waals surface area (Å²) in [7, 11) is 0. The van der Waals surface area contributed by atoms with Crippen LogP contribution >= 0.6 is 0 Å². The zero-order valence-corrected chi connectivity index (χ0v) is 11.9. The van der Waals surface area contributed by atoms with E-state index in [2.05, 4.69) is 20.8 Å². The Morgan fingerprint density at radius 3 is 2.84 bits per heavy atom. The van der Waals surface area contributed by atoms with E-state index in [4.69, 9.17) is 4.74 Å². The van der Waals surface area contributed by atoms with Gasteiger partial charge in [0.15, 0.2) is 0 Å².